The van der Waals surface area contributed by atoms with Gasteiger partial charge in [-0.2, -0.15) is 0 Å². The van der Waals surface area contributed by atoms with Crippen LogP contribution in [0.15, 0.2) is 33.1 Å². The van der Waals surface area contributed by atoms with Crippen LogP contribution >= 0.6 is 0 Å². The van der Waals surface area contributed by atoms with Crippen molar-refractivity contribution >= 4 is 17.0 Å². The summed E-state index contributed by atoms with van der Waals surface area (Å²) in [4.78, 5) is 0. The van der Waals surface area contributed by atoms with Crippen molar-refractivity contribution in [2.45, 2.75) is 6.92 Å². The van der Waals surface area contributed by atoms with Gasteiger partial charge in [0.15, 0.2) is 5.76 Å². The molecule has 5 heteroatoms. The second-order valence-corrected chi connectivity index (χ2v) is 3.60. The maximum atomic E-state index is 5.57. The first kappa shape index (κ1) is 8.96. The first-order valence-electron chi connectivity index (χ1n) is 4.82. The number of rotatable bonds is 1. The highest BCUT2D eigenvalue weighted by atomic mass is 16.4. The van der Waals surface area contributed by atoms with E-state index in [0.29, 0.717) is 11.7 Å². The average Bonchev–Trinajstić information content (AvgIpc) is 2.83. The minimum atomic E-state index is 0.0339. The van der Waals surface area contributed by atoms with Crippen LogP contribution in [0.4, 0.5) is 6.01 Å². The van der Waals surface area contributed by atoms with E-state index in [1.165, 1.54) is 5.56 Å². The monoisotopic (exact) mass is 215 g/mol. The van der Waals surface area contributed by atoms with Gasteiger partial charge in [-0.25, -0.2) is 0 Å². The molecule has 3 rings (SSSR count). The summed E-state index contributed by atoms with van der Waals surface area (Å²) >= 11 is 0. The van der Waals surface area contributed by atoms with Gasteiger partial charge in [-0.05, 0) is 25.1 Å². The molecule has 0 aliphatic heterocycles. The van der Waals surface area contributed by atoms with Crippen molar-refractivity contribution in [3.8, 4) is 11.7 Å². The number of hydrogen-bond acceptors (Lipinski definition) is 5. The smallest absolute Gasteiger partial charge is 0.313 e. The third-order valence-corrected chi connectivity index (χ3v) is 2.32. The van der Waals surface area contributed by atoms with E-state index < -0.39 is 0 Å². The topological polar surface area (TPSA) is 78.1 Å². The third kappa shape index (κ3) is 1.33. The van der Waals surface area contributed by atoms with Crippen molar-refractivity contribution < 1.29 is 8.83 Å². The number of fused-ring (bicyclic) bond motifs is 1. The molecule has 3 aromatic rings. The molecule has 2 aromatic heterocycles. The molecular formula is C11H9N3O2. The van der Waals surface area contributed by atoms with Gasteiger partial charge in [-0.15, -0.1) is 5.10 Å². The summed E-state index contributed by atoms with van der Waals surface area (Å²) < 4.78 is 10.7. The van der Waals surface area contributed by atoms with E-state index in [2.05, 4.69) is 10.2 Å². The lowest BCUT2D eigenvalue weighted by molar-refractivity contribution is 0.545. The summed E-state index contributed by atoms with van der Waals surface area (Å²) in [5.74, 6) is 0.830. The van der Waals surface area contributed by atoms with Crippen LogP contribution in [0.25, 0.3) is 22.6 Å². The molecule has 16 heavy (non-hydrogen) atoms. The zero-order valence-corrected chi connectivity index (χ0v) is 8.60. The minimum Gasteiger partial charge on any atom is -0.451 e. The summed E-state index contributed by atoms with van der Waals surface area (Å²) in [5, 5.41) is 8.36. The van der Waals surface area contributed by atoms with E-state index in [-0.39, 0.29) is 6.01 Å². The highest BCUT2D eigenvalue weighted by molar-refractivity contribution is 5.82. The van der Waals surface area contributed by atoms with Crippen LogP contribution in [0.3, 0.4) is 0 Å². The van der Waals surface area contributed by atoms with Crippen molar-refractivity contribution in [1.82, 2.24) is 10.2 Å². The minimum absolute atomic E-state index is 0.0339. The molecule has 0 bridgehead atoms. The summed E-state index contributed by atoms with van der Waals surface area (Å²) in [6.45, 7) is 2.02. The molecule has 2 N–H and O–H groups in total. The zero-order chi connectivity index (χ0) is 11.1. The number of nitrogens with zero attached hydrogens (tertiary/aromatic N) is 2. The Morgan fingerprint density at radius 1 is 1.12 bits per heavy atom. The van der Waals surface area contributed by atoms with Crippen molar-refractivity contribution in [3.05, 3.63) is 29.8 Å². The van der Waals surface area contributed by atoms with E-state index in [0.717, 1.165) is 11.0 Å². The van der Waals surface area contributed by atoms with Crippen LogP contribution in [0.1, 0.15) is 5.56 Å². The lowest BCUT2D eigenvalue weighted by atomic mass is 10.2. The SMILES string of the molecule is Cc1ccc2oc(-c3nnc(N)o3)cc2c1. The van der Waals surface area contributed by atoms with Gasteiger partial charge in [0, 0.05) is 5.39 Å². The van der Waals surface area contributed by atoms with Crippen LogP contribution in [-0.2, 0) is 0 Å². The number of aromatic nitrogens is 2. The molecule has 0 unspecified atom stereocenters. The molecule has 5 nitrogen and oxygen atoms in total. The van der Waals surface area contributed by atoms with Gasteiger partial charge >= 0.3 is 6.01 Å². The molecule has 0 radical (unpaired) electrons. The predicted octanol–water partition coefficient (Wildman–Crippen LogP) is 2.37. The number of nitrogens with two attached hydrogens (primary N) is 1. The first-order chi connectivity index (χ1) is 7.72. The van der Waals surface area contributed by atoms with Crippen molar-refractivity contribution in [3.63, 3.8) is 0 Å². The van der Waals surface area contributed by atoms with Gasteiger partial charge in [0.05, 0.1) is 0 Å². The van der Waals surface area contributed by atoms with Crippen LogP contribution in [0.2, 0.25) is 0 Å². The van der Waals surface area contributed by atoms with Gasteiger partial charge in [0.25, 0.3) is 5.89 Å². The fourth-order valence-electron chi connectivity index (χ4n) is 1.60. The van der Waals surface area contributed by atoms with Crippen LogP contribution in [0, 0.1) is 6.92 Å². The number of furan rings is 1. The number of anilines is 1. The molecule has 80 valence electrons. The van der Waals surface area contributed by atoms with E-state index >= 15 is 0 Å². The molecule has 0 saturated heterocycles. The Kier molecular flexibility index (Phi) is 1.73. The van der Waals surface area contributed by atoms with Gasteiger partial charge in [0.1, 0.15) is 5.58 Å². The molecular weight excluding hydrogens is 206 g/mol. The van der Waals surface area contributed by atoms with Gasteiger partial charge in [-0.1, -0.05) is 16.7 Å². The molecule has 1 aromatic carbocycles. The number of hydrogen-bond donors (Lipinski definition) is 1. The first-order valence-corrected chi connectivity index (χ1v) is 4.82. The third-order valence-electron chi connectivity index (χ3n) is 2.32. The molecule has 0 saturated carbocycles. The Morgan fingerprint density at radius 2 is 2.00 bits per heavy atom. The van der Waals surface area contributed by atoms with Crippen LogP contribution in [0.5, 0.6) is 0 Å². The number of benzene rings is 1. The van der Waals surface area contributed by atoms with E-state index in [1.54, 1.807) is 0 Å². The van der Waals surface area contributed by atoms with Crippen LogP contribution < -0.4 is 5.73 Å². The van der Waals surface area contributed by atoms with Crippen molar-refractivity contribution in [2.75, 3.05) is 5.73 Å². The summed E-state index contributed by atoms with van der Waals surface area (Å²) in [7, 11) is 0. The maximum Gasteiger partial charge on any atom is 0.313 e. The van der Waals surface area contributed by atoms with E-state index in [4.69, 9.17) is 14.6 Å². The van der Waals surface area contributed by atoms with Crippen LogP contribution in [-0.4, -0.2) is 10.2 Å². The largest absolute Gasteiger partial charge is 0.451 e. The van der Waals surface area contributed by atoms with E-state index in [1.807, 2.05) is 31.2 Å². The van der Waals surface area contributed by atoms with Gasteiger partial charge in [-0.3, -0.25) is 0 Å². The summed E-state index contributed by atoms with van der Waals surface area (Å²) in [5.41, 5.74) is 7.31. The van der Waals surface area contributed by atoms with Crippen molar-refractivity contribution in [1.29, 1.82) is 0 Å². The molecule has 0 aliphatic rings. The zero-order valence-electron chi connectivity index (χ0n) is 8.60. The highest BCUT2D eigenvalue weighted by Crippen LogP contribution is 2.27. The second kappa shape index (κ2) is 3.10. The Balaban J connectivity index is 2.18. The van der Waals surface area contributed by atoms with E-state index in [9.17, 15) is 0 Å². The quantitative estimate of drug-likeness (QED) is 0.674. The summed E-state index contributed by atoms with van der Waals surface area (Å²) in [6, 6.07) is 7.81. The lowest BCUT2D eigenvalue weighted by Crippen LogP contribution is -1.81. The highest BCUT2D eigenvalue weighted by Gasteiger charge is 2.12. The number of nitrogen functional groups attached to an aromatic ring is 1. The lowest BCUT2D eigenvalue weighted by Gasteiger charge is -1.89. The molecule has 2 heterocycles. The molecule has 0 atom stereocenters. The standard InChI is InChI=1S/C11H9N3O2/c1-6-2-3-8-7(4-6)5-9(15-8)10-13-14-11(12)16-10/h2-5H,1H3,(H2,12,14). The molecule has 0 aliphatic carbocycles. The number of aryl methyl sites for hydroxylation is 1. The Bertz CT molecular complexity index is 654. The Labute approximate surface area is 90.9 Å². The van der Waals surface area contributed by atoms with Crippen molar-refractivity contribution in [2.24, 2.45) is 0 Å². The van der Waals surface area contributed by atoms with Gasteiger partial charge in [0.2, 0.25) is 0 Å². The second-order valence-electron chi connectivity index (χ2n) is 3.60. The Hall–Kier alpha value is -2.30. The average molecular weight is 215 g/mol. The van der Waals surface area contributed by atoms with Gasteiger partial charge < -0.3 is 14.6 Å². The molecule has 0 spiro atoms. The maximum absolute atomic E-state index is 5.57. The Morgan fingerprint density at radius 3 is 2.75 bits per heavy atom. The fourth-order valence-corrected chi connectivity index (χ4v) is 1.60. The fraction of sp³-hybridized carbons (Fsp3) is 0.0909. The molecule has 0 amide bonds. The predicted molar refractivity (Wildman–Crippen MR) is 58.7 cm³/mol. The molecule has 0 fully saturated rings. The normalized spacial score (nSPS) is 11.1. The summed E-state index contributed by atoms with van der Waals surface area (Å²) in [6.07, 6.45) is 0.